The molecule has 0 aromatic heterocycles. The van der Waals surface area contributed by atoms with Gasteiger partial charge in [0, 0.05) is 12.6 Å². The molecule has 0 aromatic carbocycles. The fourth-order valence-corrected chi connectivity index (χ4v) is 2.63. The maximum atomic E-state index is 9.59. The van der Waals surface area contributed by atoms with Crippen molar-refractivity contribution in [1.29, 1.82) is 0 Å². The smallest absolute Gasteiger partial charge is 0.0833 e. The Hall–Kier alpha value is -0.120. The molecular weight excluding hydrogens is 190 g/mol. The monoisotopic (exact) mass is 213 g/mol. The van der Waals surface area contributed by atoms with Gasteiger partial charge in [0.05, 0.1) is 12.2 Å². The Morgan fingerprint density at radius 2 is 2.07 bits per heavy atom. The summed E-state index contributed by atoms with van der Waals surface area (Å²) in [6, 6.07) is 0.650. The third-order valence-corrected chi connectivity index (χ3v) is 3.63. The van der Waals surface area contributed by atoms with Gasteiger partial charge in [-0.3, -0.25) is 0 Å². The van der Waals surface area contributed by atoms with Gasteiger partial charge in [-0.2, -0.15) is 0 Å². The average molecular weight is 213 g/mol. The molecule has 1 heterocycles. The normalized spacial score (nSPS) is 37.0. The molecule has 2 fully saturated rings. The second-order valence-electron chi connectivity index (χ2n) is 4.84. The Bertz CT molecular complexity index is 180. The maximum Gasteiger partial charge on any atom is 0.0833 e. The van der Waals surface area contributed by atoms with Crippen molar-refractivity contribution in [2.24, 2.45) is 0 Å². The largest absolute Gasteiger partial charge is 0.390 e. The molecule has 2 rings (SSSR count). The fourth-order valence-electron chi connectivity index (χ4n) is 2.63. The fraction of sp³-hybridized carbons (Fsp3) is 1.00. The van der Waals surface area contributed by atoms with Crippen LogP contribution in [0.15, 0.2) is 0 Å². The molecule has 0 radical (unpaired) electrons. The van der Waals surface area contributed by atoms with Crippen LogP contribution in [0.2, 0.25) is 0 Å². The van der Waals surface area contributed by atoms with Crippen LogP contribution in [0.3, 0.4) is 0 Å². The molecule has 15 heavy (non-hydrogen) atoms. The summed E-state index contributed by atoms with van der Waals surface area (Å²) >= 11 is 0. The minimum Gasteiger partial charge on any atom is -0.390 e. The van der Waals surface area contributed by atoms with E-state index in [1.807, 2.05) is 0 Å². The van der Waals surface area contributed by atoms with E-state index < -0.39 is 0 Å². The Balaban J connectivity index is 1.57. The zero-order chi connectivity index (χ0) is 10.5. The van der Waals surface area contributed by atoms with Crippen LogP contribution in [-0.2, 0) is 4.74 Å². The maximum absolute atomic E-state index is 9.59. The summed E-state index contributed by atoms with van der Waals surface area (Å²) in [7, 11) is 0. The SMILES string of the molecule is OC1CCCC1OCCC1CCCCN1. The highest BCUT2D eigenvalue weighted by atomic mass is 16.5. The second kappa shape index (κ2) is 5.83. The number of aliphatic hydroxyl groups is 1. The van der Waals surface area contributed by atoms with Crippen LogP contribution in [0.4, 0.5) is 0 Å². The molecule has 0 spiro atoms. The number of rotatable bonds is 4. The van der Waals surface area contributed by atoms with Crippen LogP contribution in [0.5, 0.6) is 0 Å². The van der Waals surface area contributed by atoms with Gasteiger partial charge in [-0.1, -0.05) is 6.42 Å². The van der Waals surface area contributed by atoms with Crippen molar-refractivity contribution in [3.8, 4) is 0 Å². The van der Waals surface area contributed by atoms with Gasteiger partial charge in [0.25, 0.3) is 0 Å². The molecule has 3 nitrogen and oxygen atoms in total. The number of hydrogen-bond acceptors (Lipinski definition) is 3. The van der Waals surface area contributed by atoms with Gasteiger partial charge < -0.3 is 15.2 Å². The quantitative estimate of drug-likeness (QED) is 0.742. The molecular formula is C12H23NO2. The molecule has 3 unspecified atom stereocenters. The van der Waals surface area contributed by atoms with Crippen LogP contribution in [-0.4, -0.2) is 36.5 Å². The first kappa shape index (κ1) is 11.4. The molecule has 0 amide bonds. The molecule has 0 aromatic rings. The topological polar surface area (TPSA) is 41.5 Å². The number of nitrogens with one attached hydrogen (secondary N) is 1. The molecule has 1 saturated heterocycles. The van der Waals surface area contributed by atoms with Crippen molar-refractivity contribution in [1.82, 2.24) is 5.32 Å². The van der Waals surface area contributed by atoms with E-state index in [-0.39, 0.29) is 12.2 Å². The molecule has 3 heteroatoms. The van der Waals surface area contributed by atoms with Gasteiger partial charge in [0.15, 0.2) is 0 Å². The van der Waals surface area contributed by atoms with Crippen molar-refractivity contribution >= 4 is 0 Å². The highest BCUT2D eigenvalue weighted by Gasteiger charge is 2.25. The van der Waals surface area contributed by atoms with Gasteiger partial charge in [0.1, 0.15) is 0 Å². The minimum absolute atomic E-state index is 0.119. The minimum atomic E-state index is -0.204. The van der Waals surface area contributed by atoms with Crippen molar-refractivity contribution in [2.75, 3.05) is 13.2 Å². The lowest BCUT2D eigenvalue weighted by atomic mass is 10.0. The third kappa shape index (κ3) is 3.44. The Kier molecular flexibility index (Phi) is 4.42. The molecule has 88 valence electrons. The lowest BCUT2D eigenvalue weighted by molar-refractivity contribution is -0.0219. The van der Waals surface area contributed by atoms with E-state index >= 15 is 0 Å². The first-order valence-electron chi connectivity index (χ1n) is 6.39. The summed E-state index contributed by atoms with van der Waals surface area (Å²) in [6.07, 6.45) is 8.05. The van der Waals surface area contributed by atoms with E-state index in [9.17, 15) is 5.11 Å². The summed E-state index contributed by atoms with van der Waals surface area (Å²) < 4.78 is 5.73. The van der Waals surface area contributed by atoms with Crippen LogP contribution in [0.25, 0.3) is 0 Å². The van der Waals surface area contributed by atoms with E-state index in [4.69, 9.17) is 4.74 Å². The molecule has 1 aliphatic carbocycles. The van der Waals surface area contributed by atoms with E-state index in [1.54, 1.807) is 0 Å². The molecule has 1 saturated carbocycles. The Labute approximate surface area is 92.2 Å². The van der Waals surface area contributed by atoms with Gasteiger partial charge in [0.2, 0.25) is 0 Å². The van der Waals surface area contributed by atoms with Crippen molar-refractivity contribution in [2.45, 2.75) is 63.2 Å². The Morgan fingerprint density at radius 1 is 1.13 bits per heavy atom. The number of ether oxygens (including phenoxy) is 1. The van der Waals surface area contributed by atoms with Crippen molar-refractivity contribution < 1.29 is 9.84 Å². The molecule has 1 aliphatic heterocycles. The lowest BCUT2D eigenvalue weighted by Gasteiger charge is -2.24. The van der Waals surface area contributed by atoms with Gasteiger partial charge in [-0.05, 0) is 45.1 Å². The highest BCUT2D eigenvalue weighted by molar-refractivity contribution is 4.78. The average Bonchev–Trinajstić information content (AvgIpc) is 2.66. The van der Waals surface area contributed by atoms with E-state index in [1.165, 1.54) is 19.3 Å². The predicted octanol–water partition coefficient (Wildman–Crippen LogP) is 1.45. The number of piperidine rings is 1. The van der Waals surface area contributed by atoms with Crippen LogP contribution < -0.4 is 5.32 Å². The summed E-state index contributed by atoms with van der Waals surface area (Å²) in [5.74, 6) is 0. The van der Waals surface area contributed by atoms with E-state index in [0.29, 0.717) is 6.04 Å². The lowest BCUT2D eigenvalue weighted by Crippen LogP contribution is -2.35. The van der Waals surface area contributed by atoms with E-state index in [2.05, 4.69) is 5.32 Å². The zero-order valence-corrected chi connectivity index (χ0v) is 9.45. The molecule has 2 aliphatic rings. The van der Waals surface area contributed by atoms with Crippen LogP contribution in [0, 0.1) is 0 Å². The zero-order valence-electron chi connectivity index (χ0n) is 9.45. The predicted molar refractivity (Wildman–Crippen MR) is 59.9 cm³/mol. The number of hydrogen-bond donors (Lipinski definition) is 2. The van der Waals surface area contributed by atoms with Crippen LogP contribution >= 0.6 is 0 Å². The Morgan fingerprint density at radius 3 is 2.73 bits per heavy atom. The summed E-state index contributed by atoms with van der Waals surface area (Å²) in [4.78, 5) is 0. The number of aliphatic hydroxyl groups excluding tert-OH is 1. The standard InChI is InChI=1S/C12H23NO2/c14-11-5-3-6-12(11)15-9-7-10-4-1-2-8-13-10/h10-14H,1-9H2. The van der Waals surface area contributed by atoms with Crippen molar-refractivity contribution in [3.63, 3.8) is 0 Å². The van der Waals surface area contributed by atoms with Crippen molar-refractivity contribution in [3.05, 3.63) is 0 Å². The molecule has 2 N–H and O–H groups in total. The second-order valence-corrected chi connectivity index (χ2v) is 4.84. The first-order chi connectivity index (χ1) is 7.36. The summed E-state index contributed by atoms with van der Waals surface area (Å²) in [5.41, 5.74) is 0. The van der Waals surface area contributed by atoms with Crippen LogP contribution in [0.1, 0.15) is 44.9 Å². The summed E-state index contributed by atoms with van der Waals surface area (Å²) in [6.45, 7) is 1.97. The summed E-state index contributed by atoms with van der Waals surface area (Å²) in [5, 5.41) is 13.1. The van der Waals surface area contributed by atoms with E-state index in [0.717, 1.165) is 38.8 Å². The van der Waals surface area contributed by atoms with Gasteiger partial charge in [-0.15, -0.1) is 0 Å². The molecule has 3 atom stereocenters. The van der Waals surface area contributed by atoms with Gasteiger partial charge >= 0.3 is 0 Å². The third-order valence-electron chi connectivity index (χ3n) is 3.63. The molecule has 0 bridgehead atoms. The highest BCUT2D eigenvalue weighted by Crippen LogP contribution is 2.22. The first-order valence-corrected chi connectivity index (χ1v) is 6.39. The van der Waals surface area contributed by atoms with Gasteiger partial charge in [-0.25, -0.2) is 0 Å².